The molecule has 2 aromatic carbocycles. The number of anilines is 1. The summed E-state index contributed by atoms with van der Waals surface area (Å²) < 4.78 is 32.5. The molecule has 1 aliphatic rings. The molecule has 0 aromatic heterocycles. The molecule has 1 aliphatic carbocycles. The second-order valence-corrected chi connectivity index (χ2v) is 6.80. The second-order valence-electron chi connectivity index (χ2n) is 5.12. The van der Waals surface area contributed by atoms with Gasteiger partial charge in [0, 0.05) is 11.8 Å². The number of hydrogen-bond acceptors (Lipinski definition) is 3. The Bertz CT molecular complexity index is 769. The number of rotatable bonds is 4. The van der Waals surface area contributed by atoms with Crippen molar-refractivity contribution in [3.63, 3.8) is 0 Å². The van der Waals surface area contributed by atoms with Gasteiger partial charge in [0.1, 0.15) is 5.75 Å². The number of fused-ring (bicyclic) bond motifs is 1. The van der Waals surface area contributed by atoms with E-state index in [1.807, 2.05) is 18.2 Å². The highest BCUT2D eigenvalue weighted by Gasteiger charge is 2.17. The van der Waals surface area contributed by atoms with Gasteiger partial charge in [-0.05, 0) is 54.7 Å². The molecule has 0 bridgehead atoms. The van der Waals surface area contributed by atoms with Crippen LogP contribution in [0.15, 0.2) is 47.4 Å². The zero-order valence-electron chi connectivity index (χ0n) is 11.8. The molecule has 0 unspecified atom stereocenters. The summed E-state index contributed by atoms with van der Waals surface area (Å²) >= 11 is 0. The predicted octanol–water partition coefficient (Wildman–Crippen LogP) is 2.98. The fraction of sp³-hybridized carbons (Fsp3) is 0.250. The minimum absolute atomic E-state index is 0.197. The minimum atomic E-state index is -3.59. The van der Waals surface area contributed by atoms with Crippen LogP contribution in [0.4, 0.5) is 5.69 Å². The maximum Gasteiger partial charge on any atom is 0.262 e. The molecule has 0 radical (unpaired) electrons. The summed E-state index contributed by atoms with van der Waals surface area (Å²) in [5.41, 5.74) is 3.17. The van der Waals surface area contributed by atoms with Gasteiger partial charge in [-0.2, -0.15) is 0 Å². The molecule has 3 rings (SSSR count). The highest BCUT2D eigenvalue weighted by atomic mass is 32.2. The Hall–Kier alpha value is -2.01. The van der Waals surface area contributed by atoms with Crippen molar-refractivity contribution >= 4 is 15.7 Å². The molecule has 0 saturated heterocycles. The molecule has 0 aliphatic heterocycles. The van der Waals surface area contributed by atoms with Crippen LogP contribution in [0.1, 0.15) is 17.5 Å². The van der Waals surface area contributed by atoms with Gasteiger partial charge in [-0.1, -0.05) is 12.1 Å². The second kappa shape index (κ2) is 5.41. The molecule has 0 saturated carbocycles. The lowest BCUT2D eigenvalue weighted by Crippen LogP contribution is -2.13. The molecule has 0 atom stereocenters. The molecule has 2 aromatic rings. The summed E-state index contributed by atoms with van der Waals surface area (Å²) in [5.74, 6) is 0.520. The van der Waals surface area contributed by atoms with Gasteiger partial charge in [0.15, 0.2) is 0 Å². The van der Waals surface area contributed by atoms with Crippen molar-refractivity contribution in [2.45, 2.75) is 24.2 Å². The van der Waals surface area contributed by atoms with E-state index in [0.29, 0.717) is 11.4 Å². The van der Waals surface area contributed by atoms with E-state index in [1.54, 1.807) is 18.2 Å². The van der Waals surface area contributed by atoms with Crippen molar-refractivity contribution in [1.29, 1.82) is 0 Å². The van der Waals surface area contributed by atoms with E-state index < -0.39 is 10.0 Å². The number of sulfonamides is 1. The maximum atomic E-state index is 12.4. The number of nitrogens with one attached hydrogen (secondary N) is 1. The zero-order chi connectivity index (χ0) is 14.9. The zero-order valence-corrected chi connectivity index (χ0v) is 12.6. The number of ether oxygens (including phenoxy) is 1. The van der Waals surface area contributed by atoms with E-state index in [1.165, 1.54) is 24.3 Å². The quantitative estimate of drug-likeness (QED) is 0.944. The van der Waals surface area contributed by atoms with E-state index in [9.17, 15) is 8.42 Å². The summed E-state index contributed by atoms with van der Waals surface area (Å²) in [5, 5.41) is 0. The molecule has 0 spiro atoms. The Morgan fingerprint density at radius 3 is 2.67 bits per heavy atom. The van der Waals surface area contributed by atoms with E-state index in [4.69, 9.17) is 4.74 Å². The lowest BCUT2D eigenvalue weighted by molar-refractivity contribution is 0.413. The van der Waals surface area contributed by atoms with Crippen LogP contribution in [0.2, 0.25) is 0 Å². The average Bonchev–Trinajstić information content (AvgIpc) is 2.94. The van der Waals surface area contributed by atoms with Crippen molar-refractivity contribution in [1.82, 2.24) is 0 Å². The summed E-state index contributed by atoms with van der Waals surface area (Å²) in [7, 11) is -2.08. The summed E-state index contributed by atoms with van der Waals surface area (Å²) in [6, 6.07) is 12.2. The van der Waals surface area contributed by atoms with Gasteiger partial charge >= 0.3 is 0 Å². The molecule has 0 fully saturated rings. The topological polar surface area (TPSA) is 55.4 Å². The van der Waals surface area contributed by atoms with Crippen LogP contribution in [0.5, 0.6) is 5.75 Å². The molecular formula is C16H17NO3S. The lowest BCUT2D eigenvalue weighted by atomic mass is 10.1. The van der Waals surface area contributed by atoms with Crippen LogP contribution < -0.4 is 9.46 Å². The van der Waals surface area contributed by atoms with Gasteiger partial charge in [-0.25, -0.2) is 8.42 Å². The third kappa shape index (κ3) is 2.88. The number of methoxy groups -OCH3 is 1. The van der Waals surface area contributed by atoms with Crippen LogP contribution in [0.25, 0.3) is 0 Å². The van der Waals surface area contributed by atoms with E-state index >= 15 is 0 Å². The molecule has 4 nitrogen and oxygen atoms in total. The van der Waals surface area contributed by atoms with E-state index in [-0.39, 0.29) is 4.90 Å². The van der Waals surface area contributed by atoms with Crippen LogP contribution in [0.3, 0.4) is 0 Å². The molecular weight excluding hydrogens is 286 g/mol. The van der Waals surface area contributed by atoms with E-state index in [2.05, 4.69) is 4.72 Å². The van der Waals surface area contributed by atoms with Crippen molar-refractivity contribution in [2.75, 3.05) is 11.8 Å². The highest BCUT2D eigenvalue weighted by molar-refractivity contribution is 7.92. The first-order valence-corrected chi connectivity index (χ1v) is 8.35. The fourth-order valence-electron chi connectivity index (χ4n) is 2.62. The molecule has 0 amide bonds. The van der Waals surface area contributed by atoms with Gasteiger partial charge in [0.2, 0.25) is 0 Å². The number of aryl methyl sites for hydroxylation is 2. The predicted molar refractivity (Wildman–Crippen MR) is 82.3 cm³/mol. The van der Waals surface area contributed by atoms with Crippen LogP contribution in [-0.2, 0) is 22.9 Å². The van der Waals surface area contributed by atoms with Crippen LogP contribution >= 0.6 is 0 Å². The molecule has 0 heterocycles. The molecule has 1 N–H and O–H groups in total. The summed E-state index contributed by atoms with van der Waals surface area (Å²) in [6.45, 7) is 0. The normalized spacial score (nSPS) is 13.8. The Morgan fingerprint density at radius 1 is 1.05 bits per heavy atom. The van der Waals surface area contributed by atoms with Gasteiger partial charge in [0.05, 0.1) is 12.0 Å². The molecule has 21 heavy (non-hydrogen) atoms. The van der Waals surface area contributed by atoms with Gasteiger partial charge in [0.25, 0.3) is 10.0 Å². The first-order valence-electron chi connectivity index (χ1n) is 6.87. The van der Waals surface area contributed by atoms with E-state index in [0.717, 1.165) is 19.3 Å². The fourth-order valence-corrected chi connectivity index (χ4v) is 3.70. The van der Waals surface area contributed by atoms with Crippen LogP contribution in [0, 0.1) is 0 Å². The summed E-state index contributed by atoms with van der Waals surface area (Å²) in [4.78, 5) is 0.197. The standard InChI is InChI=1S/C16H17NO3S/c1-20-15-6-3-7-16(11-15)21(18,19)17-14-9-8-12-4-2-5-13(12)10-14/h3,6-11,17H,2,4-5H2,1H3. The van der Waals surface area contributed by atoms with Crippen LogP contribution in [-0.4, -0.2) is 15.5 Å². The smallest absolute Gasteiger partial charge is 0.262 e. The van der Waals surface area contributed by atoms with Crippen molar-refractivity contribution in [3.8, 4) is 5.75 Å². The number of benzene rings is 2. The Morgan fingerprint density at radius 2 is 1.86 bits per heavy atom. The Kier molecular flexibility index (Phi) is 3.59. The molecule has 5 heteroatoms. The highest BCUT2D eigenvalue weighted by Crippen LogP contribution is 2.26. The minimum Gasteiger partial charge on any atom is -0.497 e. The molecule has 110 valence electrons. The third-order valence-corrected chi connectivity index (χ3v) is 5.08. The van der Waals surface area contributed by atoms with Crippen molar-refractivity contribution < 1.29 is 13.2 Å². The first kappa shape index (κ1) is 13.9. The third-order valence-electron chi connectivity index (χ3n) is 3.70. The SMILES string of the molecule is COc1cccc(S(=O)(=O)Nc2ccc3c(c2)CCC3)c1. The largest absolute Gasteiger partial charge is 0.497 e. The average molecular weight is 303 g/mol. The lowest BCUT2D eigenvalue weighted by Gasteiger charge is -2.10. The van der Waals surface area contributed by atoms with Gasteiger partial charge in [-0.15, -0.1) is 0 Å². The van der Waals surface area contributed by atoms with Gasteiger partial charge < -0.3 is 4.74 Å². The van der Waals surface area contributed by atoms with Crippen molar-refractivity contribution in [2.24, 2.45) is 0 Å². The first-order chi connectivity index (χ1) is 10.1. The summed E-state index contributed by atoms with van der Waals surface area (Å²) in [6.07, 6.45) is 3.24. The maximum absolute atomic E-state index is 12.4. The van der Waals surface area contributed by atoms with Gasteiger partial charge in [-0.3, -0.25) is 4.72 Å². The Balaban J connectivity index is 1.89. The van der Waals surface area contributed by atoms with Crippen molar-refractivity contribution in [3.05, 3.63) is 53.6 Å². The Labute approximate surface area is 124 Å². The monoisotopic (exact) mass is 303 g/mol. The number of hydrogen-bond donors (Lipinski definition) is 1.